The molecule has 2 atom stereocenters. The smallest absolute Gasteiger partial charge is 0.265 e. The van der Waals surface area contributed by atoms with Crippen LogP contribution in [0.4, 0.5) is 13.2 Å². The van der Waals surface area contributed by atoms with Gasteiger partial charge in [0.05, 0.1) is 6.04 Å². The van der Waals surface area contributed by atoms with Crippen LogP contribution in [-0.2, 0) is 11.2 Å². The molecular weight excluding hydrogens is 449 g/mol. The monoisotopic (exact) mass is 482 g/mol. The fourth-order valence-electron chi connectivity index (χ4n) is 3.63. The third kappa shape index (κ3) is 8.77. The molecule has 1 aliphatic rings. The number of carbonyl (C=O) groups is 1. The fraction of sp³-hybridized carbons (Fsp3) is 0.480. The number of aliphatic hydroxyl groups excluding tert-OH is 1. The highest BCUT2D eigenvalue weighted by Gasteiger charge is 2.44. The van der Waals surface area contributed by atoms with Crippen LogP contribution >= 0.6 is 11.9 Å². The molecule has 2 aromatic rings. The molecule has 0 radical (unpaired) electrons. The zero-order valence-electron chi connectivity index (χ0n) is 18.9. The maximum atomic E-state index is 15.2. The van der Waals surface area contributed by atoms with E-state index in [0.717, 1.165) is 29.5 Å². The molecule has 3 N–H and O–H groups in total. The van der Waals surface area contributed by atoms with Gasteiger partial charge in [0.2, 0.25) is 0 Å². The molecule has 1 saturated carbocycles. The van der Waals surface area contributed by atoms with E-state index in [-0.39, 0.29) is 25.3 Å². The molecule has 4 nitrogen and oxygen atoms in total. The van der Waals surface area contributed by atoms with E-state index >= 15 is 8.78 Å². The van der Waals surface area contributed by atoms with E-state index in [4.69, 9.17) is 9.90 Å². The number of hydrogen-bond acceptors (Lipinski definition) is 5. The predicted molar refractivity (Wildman–Crippen MR) is 129 cm³/mol. The van der Waals surface area contributed by atoms with Crippen LogP contribution in [0.5, 0.6) is 0 Å². The number of alkyl halides is 2. The van der Waals surface area contributed by atoms with E-state index in [0.29, 0.717) is 18.1 Å². The van der Waals surface area contributed by atoms with Crippen molar-refractivity contribution in [3.63, 3.8) is 0 Å². The van der Waals surface area contributed by atoms with Crippen LogP contribution in [0, 0.1) is 5.82 Å². The molecule has 0 spiro atoms. The standard InChI is InChI=1S/C24H31F3N2OS.CH2O/c1-28-22(23(29-31-21-10-11-21)24(26,27)12-2-3-13-30)15-17-6-4-7-18(14-17)19-8-5-9-20(25)16-19;1-2/h4-9,14,16,21-23,28-30H,2-3,10-13,15H2,1H3;1H2. The number of carbonyl (C=O) groups excluding carboxylic acids is 1. The lowest BCUT2D eigenvalue weighted by molar-refractivity contribution is -0.0980. The van der Waals surface area contributed by atoms with Crippen molar-refractivity contribution in [1.82, 2.24) is 10.0 Å². The normalized spacial score (nSPS) is 15.4. The first-order valence-electron chi connectivity index (χ1n) is 11.1. The summed E-state index contributed by atoms with van der Waals surface area (Å²) in [5.41, 5.74) is 2.53. The van der Waals surface area contributed by atoms with E-state index in [2.05, 4.69) is 10.0 Å². The van der Waals surface area contributed by atoms with Crippen LogP contribution in [0.15, 0.2) is 48.5 Å². The van der Waals surface area contributed by atoms with E-state index in [1.165, 1.54) is 24.1 Å². The number of halogens is 3. The summed E-state index contributed by atoms with van der Waals surface area (Å²) < 4.78 is 47.0. The van der Waals surface area contributed by atoms with Crippen LogP contribution in [0.1, 0.15) is 37.7 Å². The summed E-state index contributed by atoms with van der Waals surface area (Å²) in [7, 11) is 1.71. The lowest BCUT2D eigenvalue weighted by atomic mass is 9.91. The summed E-state index contributed by atoms with van der Waals surface area (Å²) in [5, 5.41) is 12.5. The zero-order valence-corrected chi connectivity index (χ0v) is 19.7. The minimum atomic E-state index is -2.91. The number of likely N-dealkylation sites (N-methyl/N-ethyl adjacent to an activating group) is 1. The van der Waals surface area contributed by atoms with Crippen LogP contribution in [-0.4, -0.2) is 48.8 Å². The summed E-state index contributed by atoms with van der Waals surface area (Å²) in [6, 6.07) is 12.5. The Labute approximate surface area is 198 Å². The molecule has 182 valence electrons. The molecule has 3 rings (SSSR count). The van der Waals surface area contributed by atoms with E-state index in [1.54, 1.807) is 13.1 Å². The number of nitrogens with one attached hydrogen (secondary N) is 2. The third-order valence-corrected chi connectivity index (χ3v) is 6.77. The van der Waals surface area contributed by atoms with Gasteiger partial charge in [-0.05, 0) is 68.0 Å². The average Bonchev–Trinajstić information content (AvgIpc) is 3.64. The van der Waals surface area contributed by atoms with Crippen molar-refractivity contribution < 1.29 is 23.1 Å². The van der Waals surface area contributed by atoms with Crippen molar-refractivity contribution in [2.45, 2.75) is 61.8 Å². The Morgan fingerprint density at radius 2 is 1.79 bits per heavy atom. The topological polar surface area (TPSA) is 61.4 Å². The maximum absolute atomic E-state index is 15.2. The molecule has 1 aliphatic carbocycles. The number of aliphatic hydroxyl groups is 1. The second kappa shape index (κ2) is 13.7. The first kappa shape index (κ1) is 27.4. The van der Waals surface area contributed by atoms with E-state index in [1.807, 2.05) is 37.1 Å². The van der Waals surface area contributed by atoms with Crippen molar-refractivity contribution in [1.29, 1.82) is 0 Å². The number of benzene rings is 2. The van der Waals surface area contributed by atoms with Gasteiger partial charge in [-0.25, -0.2) is 13.2 Å². The van der Waals surface area contributed by atoms with Crippen LogP contribution in [0.25, 0.3) is 11.1 Å². The van der Waals surface area contributed by atoms with Gasteiger partial charge >= 0.3 is 0 Å². The summed E-state index contributed by atoms with van der Waals surface area (Å²) in [4.78, 5) is 8.00. The maximum Gasteiger partial charge on any atom is 0.265 e. The summed E-state index contributed by atoms with van der Waals surface area (Å²) in [6.07, 6.45) is 2.91. The van der Waals surface area contributed by atoms with Crippen LogP contribution in [0.3, 0.4) is 0 Å². The Bertz CT molecular complexity index is 852. The SMILES string of the molecule is C=O.CNC(Cc1cccc(-c2cccc(F)c2)c1)C(NSC1CC1)C(F)(F)CCCCO. The fourth-order valence-corrected chi connectivity index (χ4v) is 4.68. The molecule has 0 heterocycles. The van der Waals surface area contributed by atoms with Gasteiger partial charge in [0.1, 0.15) is 12.6 Å². The molecule has 2 unspecified atom stereocenters. The van der Waals surface area contributed by atoms with Crippen molar-refractivity contribution in [2.75, 3.05) is 13.7 Å². The third-order valence-electron chi connectivity index (χ3n) is 5.57. The van der Waals surface area contributed by atoms with E-state index in [9.17, 15) is 4.39 Å². The lowest BCUT2D eigenvalue weighted by Gasteiger charge is -2.34. The van der Waals surface area contributed by atoms with Crippen molar-refractivity contribution >= 4 is 18.7 Å². The lowest BCUT2D eigenvalue weighted by Crippen LogP contribution is -2.56. The summed E-state index contributed by atoms with van der Waals surface area (Å²) in [5.74, 6) is -3.22. The van der Waals surface area contributed by atoms with E-state index < -0.39 is 18.0 Å². The van der Waals surface area contributed by atoms with Gasteiger partial charge in [-0.1, -0.05) is 48.3 Å². The summed E-state index contributed by atoms with van der Waals surface area (Å²) in [6.45, 7) is 1.92. The van der Waals surface area contributed by atoms with Crippen LogP contribution in [0.2, 0.25) is 0 Å². The van der Waals surface area contributed by atoms with Gasteiger partial charge in [0, 0.05) is 24.3 Å². The molecule has 2 aromatic carbocycles. The van der Waals surface area contributed by atoms with Gasteiger partial charge in [-0.3, -0.25) is 4.72 Å². The quantitative estimate of drug-likeness (QED) is 0.277. The number of unbranched alkanes of at least 4 members (excludes halogenated alkanes) is 1. The highest BCUT2D eigenvalue weighted by Crippen LogP contribution is 2.36. The molecular formula is C25H33F3N2O2S. The zero-order chi connectivity index (χ0) is 24.3. The molecule has 8 heteroatoms. The molecule has 33 heavy (non-hydrogen) atoms. The predicted octanol–water partition coefficient (Wildman–Crippen LogP) is 5.01. The second-order valence-electron chi connectivity index (χ2n) is 8.16. The Hall–Kier alpha value is -1.87. The van der Waals surface area contributed by atoms with Crippen molar-refractivity contribution in [3.05, 3.63) is 59.9 Å². The highest BCUT2D eigenvalue weighted by molar-refractivity contribution is 7.98. The minimum Gasteiger partial charge on any atom is -0.396 e. The average molecular weight is 483 g/mol. The van der Waals surface area contributed by atoms with Crippen LogP contribution < -0.4 is 10.0 Å². The van der Waals surface area contributed by atoms with Gasteiger partial charge < -0.3 is 15.2 Å². The second-order valence-corrected chi connectivity index (χ2v) is 9.30. The Balaban J connectivity index is 0.00000187. The van der Waals surface area contributed by atoms with Crippen molar-refractivity contribution in [2.24, 2.45) is 0 Å². The van der Waals surface area contributed by atoms with Gasteiger partial charge in [-0.15, -0.1) is 0 Å². The minimum absolute atomic E-state index is 0.0761. The number of hydrogen-bond donors (Lipinski definition) is 3. The van der Waals surface area contributed by atoms with Gasteiger partial charge in [0.25, 0.3) is 5.92 Å². The molecule has 0 aliphatic heterocycles. The van der Waals surface area contributed by atoms with Gasteiger partial charge in [0.15, 0.2) is 0 Å². The first-order chi connectivity index (χ1) is 15.9. The summed E-state index contributed by atoms with van der Waals surface area (Å²) >= 11 is 1.41. The Morgan fingerprint density at radius 1 is 1.12 bits per heavy atom. The largest absolute Gasteiger partial charge is 0.396 e. The molecule has 0 aromatic heterocycles. The molecule has 1 fully saturated rings. The molecule has 0 bridgehead atoms. The van der Waals surface area contributed by atoms with Crippen molar-refractivity contribution in [3.8, 4) is 11.1 Å². The van der Waals surface area contributed by atoms with Gasteiger partial charge in [-0.2, -0.15) is 0 Å². The highest BCUT2D eigenvalue weighted by atomic mass is 32.2. The first-order valence-corrected chi connectivity index (χ1v) is 12.0. The molecule has 0 amide bonds. The Morgan fingerprint density at radius 3 is 2.39 bits per heavy atom. The molecule has 0 saturated heterocycles. The number of rotatable bonds is 13. The Kier molecular flexibility index (Phi) is 11.4.